The van der Waals surface area contributed by atoms with E-state index in [1.807, 2.05) is 37.4 Å². The molecule has 1 aliphatic rings. The first-order valence-electron chi connectivity index (χ1n) is 10.7. The maximum atomic E-state index is 12.5. The lowest BCUT2D eigenvalue weighted by Gasteiger charge is -2.17. The minimum Gasteiger partial charge on any atom is -0.493 e. The van der Waals surface area contributed by atoms with Crippen LogP contribution in [0.2, 0.25) is 0 Å². The third-order valence-electron chi connectivity index (χ3n) is 5.48. The van der Waals surface area contributed by atoms with Crippen LogP contribution in [0.1, 0.15) is 30.9 Å². The molecule has 2 heterocycles. The molecule has 4 rings (SSSR count). The fraction of sp³-hybridized carbons (Fsp3) is 0.292. The molecule has 4 amide bonds. The van der Waals surface area contributed by atoms with Crippen molar-refractivity contribution in [2.24, 2.45) is 0 Å². The van der Waals surface area contributed by atoms with Crippen LogP contribution in [0.15, 0.2) is 48.7 Å². The topological polar surface area (TPSA) is 104 Å². The number of imide groups is 1. The molecule has 0 bridgehead atoms. The lowest BCUT2D eigenvalue weighted by Crippen LogP contribution is -2.32. The summed E-state index contributed by atoms with van der Waals surface area (Å²) in [6.07, 6.45) is 3.06. The quantitative estimate of drug-likeness (QED) is 0.472. The molecule has 0 saturated carbocycles. The number of carbonyl (C=O) groups excluding carboxylic acids is 3. The molecule has 1 fully saturated rings. The Bertz CT molecular complexity index is 1140. The van der Waals surface area contributed by atoms with Crippen molar-refractivity contribution >= 4 is 34.4 Å². The van der Waals surface area contributed by atoms with Crippen molar-refractivity contribution < 1.29 is 19.1 Å². The van der Waals surface area contributed by atoms with Crippen LogP contribution in [-0.2, 0) is 22.6 Å². The summed E-state index contributed by atoms with van der Waals surface area (Å²) >= 11 is 0. The van der Waals surface area contributed by atoms with Crippen LogP contribution in [0.3, 0.4) is 0 Å². The number of aromatic nitrogens is 1. The highest BCUT2D eigenvalue weighted by Crippen LogP contribution is 2.29. The number of para-hydroxylation sites is 1. The van der Waals surface area contributed by atoms with Gasteiger partial charge in [0.05, 0.1) is 13.2 Å². The first kappa shape index (κ1) is 21.4. The van der Waals surface area contributed by atoms with E-state index in [2.05, 4.69) is 15.6 Å². The molecule has 0 aliphatic carbocycles. The molecular weight excluding hydrogens is 408 g/mol. The van der Waals surface area contributed by atoms with Crippen LogP contribution >= 0.6 is 0 Å². The van der Waals surface area contributed by atoms with Crippen molar-refractivity contribution in [1.82, 2.24) is 15.2 Å². The number of likely N-dealkylation sites (tertiary alicyclic amines) is 1. The molecule has 32 heavy (non-hydrogen) atoms. The predicted octanol–water partition coefficient (Wildman–Crippen LogP) is 3.58. The van der Waals surface area contributed by atoms with Gasteiger partial charge in [0.1, 0.15) is 5.75 Å². The van der Waals surface area contributed by atoms with Crippen LogP contribution in [0, 0.1) is 0 Å². The highest BCUT2D eigenvalue weighted by Gasteiger charge is 2.29. The largest absolute Gasteiger partial charge is 0.493 e. The van der Waals surface area contributed by atoms with Crippen LogP contribution in [0.4, 0.5) is 10.5 Å². The van der Waals surface area contributed by atoms with E-state index < -0.39 is 0 Å². The molecule has 1 aliphatic heterocycles. The van der Waals surface area contributed by atoms with E-state index in [0.717, 1.165) is 22.2 Å². The number of urea groups is 1. The lowest BCUT2D eigenvalue weighted by molar-refractivity contribution is -0.139. The smallest absolute Gasteiger partial charge is 0.319 e. The van der Waals surface area contributed by atoms with Gasteiger partial charge in [-0.15, -0.1) is 0 Å². The number of carbonyl (C=O) groups is 3. The van der Waals surface area contributed by atoms with E-state index >= 15 is 0 Å². The summed E-state index contributed by atoms with van der Waals surface area (Å²) in [6.45, 7) is 3.12. The first-order chi connectivity index (χ1) is 15.6. The Balaban J connectivity index is 1.37. The zero-order chi connectivity index (χ0) is 22.5. The van der Waals surface area contributed by atoms with E-state index in [9.17, 15) is 14.4 Å². The van der Waals surface area contributed by atoms with Crippen LogP contribution in [-0.4, -0.2) is 40.9 Å². The number of benzene rings is 2. The summed E-state index contributed by atoms with van der Waals surface area (Å²) in [5, 5.41) is 6.73. The maximum Gasteiger partial charge on any atom is 0.319 e. The number of ether oxygens (including phenoxy) is 1. The molecule has 166 valence electrons. The van der Waals surface area contributed by atoms with E-state index in [1.54, 1.807) is 18.2 Å². The summed E-state index contributed by atoms with van der Waals surface area (Å²) in [4.78, 5) is 40.8. The zero-order valence-corrected chi connectivity index (χ0v) is 17.9. The van der Waals surface area contributed by atoms with Gasteiger partial charge in [0, 0.05) is 42.2 Å². The second-order valence-electron chi connectivity index (χ2n) is 7.59. The number of H-pyrrole nitrogens is 1. The predicted molar refractivity (Wildman–Crippen MR) is 121 cm³/mol. The fourth-order valence-corrected chi connectivity index (χ4v) is 3.92. The van der Waals surface area contributed by atoms with Gasteiger partial charge in [-0.3, -0.25) is 14.5 Å². The molecule has 0 spiro atoms. The Kier molecular flexibility index (Phi) is 6.39. The number of nitrogens with zero attached hydrogens (tertiary/aromatic N) is 1. The van der Waals surface area contributed by atoms with Gasteiger partial charge in [-0.2, -0.15) is 0 Å². The van der Waals surface area contributed by atoms with Crippen molar-refractivity contribution in [1.29, 1.82) is 0 Å². The average Bonchev–Trinajstić information content (AvgIpc) is 3.34. The first-order valence-corrected chi connectivity index (χ1v) is 10.7. The SMILES string of the molecule is CCOc1cccc2[nH]cc(CCNC(=O)Nc3ccccc3CN3C(=O)CCC3=O)c12. The molecule has 0 radical (unpaired) electrons. The van der Waals surface area contributed by atoms with E-state index in [0.29, 0.717) is 30.8 Å². The van der Waals surface area contributed by atoms with Crippen LogP contribution in [0.5, 0.6) is 5.75 Å². The minimum atomic E-state index is -0.346. The van der Waals surface area contributed by atoms with Crippen LogP contribution < -0.4 is 15.4 Å². The number of fused-ring (bicyclic) bond motifs is 1. The summed E-state index contributed by atoms with van der Waals surface area (Å²) < 4.78 is 5.74. The Hall–Kier alpha value is -3.81. The van der Waals surface area contributed by atoms with Crippen molar-refractivity contribution in [2.45, 2.75) is 32.7 Å². The Morgan fingerprint density at radius 2 is 1.84 bits per heavy atom. The standard InChI is InChI=1S/C24H26N4O4/c1-2-32-20-9-5-8-19-23(20)16(14-26-19)12-13-25-24(31)27-18-7-4-3-6-17(18)15-28-21(29)10-11-22(28)30/h3-9,14,26H,2,10-13,15H2,1H3,(H2,25,27,31). The number of anilines is 1. The normalized spacial score (nSPS) is 13.6. The van der Waals surface area contributed by atoms with Gasteiger partial charge in [0.2, 0.25) is 11.8 Å². The molecule has 3 N–H and O–H groups in total. The molecule has 1 saturated heterocycles. The second kappa shape index (κ2) is 9.55. The summed E-state index contributed by atoms with van der Waals surface area (Å²) in [7, 11) is 0. The van der Waals surface area contributed by atoms with Crippen molar-refractivity contribution in [3.05, 3.63) is 59.8 Å². The van der Waals surface area contributed by atoms with Gasteiger partial charge >= 0.3 is 6.03 Å². The van der Waals surface area contributed by atoms with Crippen LogP contribution in [0.25, 0.3) is 10.9 Å². The summed E-state index contributed by atoms with van der Waals surface area (Å²) in [5.74, 6) is 0.462. The molecule has 0 unspecified atom stereocenters. The number of amides is 4. The number of nitrogens with one attached hydrogen (secondary N) is 3. The van der Waals surface area contributed by atoms with Gasteiger partial charge in [-0.25, -0.2) is 4.79 Å². The maximum absolute atomic E-state index is 12.5. The Morgan fingerprint density at radius 1 is 1.06 bits per heavy atom. The minimum absolute atomic E-state index is 0.156. The Morgan fingerprint density at radius 3 is 2.62 bits per heavy atom. The molecular formula is C24H26N4O4. The van der Waals surface area contributed by atoms with Crippen molar-refractivity contribution in [3.8, 4) is 5.75 Å². The van der Waals surface area contributed by atoms with Gasteiger partial charge in [0.15, 0.2) is 0 Å². The van der Waals surface area contributed by atoms with E-state index in [1.165, 1.54) is 4.90 Å². The Labute approximate surface area is 185 Å². The molecule has 0 atom stereocenters. The molecule has 1 aromatic heterocycles. The monoisotopic (exact) mass is 434 g/mol. The highest BCUT2D eigenvalue weighted by molar-refractivity contribution is 6.02. The van der Waals surface area contributed by atoms with Gasteiger partial charge < -0.3 is 20.4 Å². The molecule has 3 aromatic rings. The average molecular weight is 434 g/mol. The van der Waals surface area contributed by atoms with Crippen molar-refractivity contribution in [2.75, 3.05) is 18.5 Å². The fourth-order valence-electron chi connectivity index (χ4n) is 3.92. The van der Waals surface area contributed by atoms with E-state index in [-0.39, 0.29) is 37.2 Å². The number of hydrogen-bond donors (Lipinski definition) is 3. The molecule has 8 nitrogen and oxygen atoms in total. The van der Waals surface area contributed by atoms with Gasteiger partial charge in [-0.05, 0) is 42.7 Å². The summed E-state index contributed by atoms with van der Waals surface area (Å²) in [5.41, 5.74) is 3.35. The second-order valence-corrected chi connectivity index (χ2v) is 7.59. The van der Waals surface area contributed by atoms with Crippen molar-refractivity contribution in [3.63, 3.8) is 0 Å². The summed E-state index contributed by atoms with van der Waals surface area (Å²) in [6, 6.07) is 12.7. The van der Waals surface area contributed by atoms with Gasteiger partial charge in [-0.1, -0.05) is 24.3 Å². The number of rotatable bonds is 8. The third-order valence-corrected chi connectivity index (χ3v) is 5.48. The van der Waals surface area contributed by atoms with E-state index in [4.69, 9.17) is 4.74 Å². The lowest BCUT2D eigenvalue weighted by atomic mass is 10.1. The highest BCUT2D eigenvalue weighted by atomic mass is 16.5. The van der Waals surface area contributed by atoms with Gasteiger partial charge in [0.25, 0.3) is 0 Å². The number of aromatic amines is 1. The third kappa shape index (κ3) is 4.59. The molecule has 2 aromatic carbocycles. The molecule has 8 heteroatoms. The zero-order valence-electron chi connectivity index (χ0n) is 17.9. The number of hydrogen-bond acceptors (Lipinski definition) is 4.